The second-order valence-electron chi connectivity index (χ2n) is 3.55. The topological polar surface area (TPSA) is 15.8 Å². The SMILES string of the molecule is CCc1cc(C(F)(F)P)cc2cc[nH]c12. The molecule has 0 saturated carbocycles. The Hall–Kier alpha value is -0.950. The van der Waals surface area contributed by atoms with Crippen LogP contribution in [0.5, 0.6) is 0 Å². The van der Waals surface area contributed by atoms with Crippen LogP contribution < -0.4 is 0 Å². The standard InChI is InChI=1S/C11H12F2NP/c1-2-7-5-9(11(12,13)15)6-8-3-4-14-10(7)8/h3-6,14H,2,15H2,1H3. The Labute approximate surface area is 89.1 Å². The lowest BCUT2D eigenvalue weighted by Gasteiger charge is -2.12. The maximum atomic E-state index is 13.2. The normalized spacial score (nSPS) is 12.3. The van der Waals surface area contributed by atoms with Gasteiger partial charge in [0.05, 0.1) is 0 Å². The van der Waals surface area contributed by atoms with E-state index in [0.29, 0.717) is 0 Å². The Morgan fingerprint density at radius 1 is 1.40 bits per heavy atom. The highest BCUT2D eigenvalue weighted by atomic mass is 31.0. The lowest BCUT2D eigenvalue weighted by atomic mass is 10.0. The summed E-state index contributed by atoms with van der Waals surface area (Å²) in [6.45, 7) is 1.96. The number of aromatic amines is 1. The second kappa shape index (κ2) is 3.57. The van der Waals surface area contributed by atoms with Gasteiger partial charge in [0.1, 0.15) is 0 Å². The number of hydrogen-bond donors (Lipinski definition) is 1. The molecule has 0 radical (unpaired) electrons. The van der Waals surface area contributed by atoms with Gasteiger partial charge in [-0.15, -0.1) is 0 Å². The van der Waals surface area contributed by atoms with Crippen LogP contribution in [0.3, 0.4) is 0 Å². The van der Waals surface area contributed by atoms with E-state index in [9.17, 15) is 8.78 Å². The van der Waals surface area contributed by atoms with Crippen molar-refractivity contribution in [2.24, 2.45) is 0 Å². The first-order chi connectivity index (χ1) is 7.02. The first-order valence-corrected chi connectivity index (χ1v) is 5.37. The van der Waals surface area contributed by atoms with Crippen LogP contribution in [0.2, 0.25) is 0 Å². The number of aromatic nitrogens is 1. The summed E-state index contributed by atoms with van der Waals surface area (Å²) in [6.07, 6.45) is 2.51. The van der Waals surface area contributed by atoms with Crippen molar-refractivity contribution in [3.63, 3.8) is 0 Å². The van der Waals surface area contributed by atoms with E-state index in [1.54, 1.807) is 21.5 Å². The van der Waals surface area contributed by atoms with Crippen molar-refractivity contribution < 1.29 is 8.78 Å². The molecule has 4 heteroatoms. The minimum Gasteiger partial charge on any atom is -0.361 e. The van der Waals surface area contributed by atoms with Crippen molar-refractivity contribution in [2.75, 3.05) is 0 Å². The fourth-order valence-electron chi connectivity index (χ4n) is 1.72. The second-order valence-corrected chi connectivity index (χ2v) is 4.28. The van der Waals surface area contributed by atoms with Crippen LogP contribution in [-0.2, 0) is 12.1 Å². The van der Waals surface area contributed by atoms with Gasteiger partial charge in [0.25, 0.3) is 5.66 Å². The molecule has 2 rings (SSSR count). The van der Waals surface area contributed by atoms with Gasteiger partial charge in [-0.25, -0.2) is 0 Å². The van der Waals surface area contributed by atoms with Crippen molar-refractivity contribution in [3.8, 4) is 0 Å². The minimum atomic E-state index is -2.85. The number of benzene rings is 1. The average Bonchev–Trinajstić information content (AvgIpc) is 2.62. The molecule has 1 atom stereocenters. The fourth-order valence-corrected chi connectivity index (χ4v) is 1.89. The third-order valence-electron chi connectivity index (χ3n) is 2.51. The Balaban J connectivity index is 2.69. The molecule has 0 aliphatic carbocycles. The van der Waals surface area contributed by atoms with Crippen LogP contribution >= 0.6 is 9.24 Å². The number of nitrogens with one attached hydrogen (secondary N) is 1. The highest BCUT2D eigenvalue weighted by Crippen LogP contribution is 2.37. The molecule has 1 heterocycles. The fraction of sp³-hybridized carbons (Fsp3) is 0.273. The minimum absolute atomic E-state index is 0.0523. The van der Waals surface area contributed by atoms with Crippen molar-refractivity contribution in [1.29, 1.82) is 0 Å². The number of aryl methyl sites for hydroxylation is 1. The van der Waals surface area contributed by atoms with Crippen LogP contribution in [0, 0.1) is 0 Å². The predicted molar refractivity (Wildman–Crippen MR) is 61.3 cm³/mol. The molecular weight excluding hydrogens is 215 g/mol. The molecule has 1 nitrogen and oxygen atoms in total. The molecule has 1 aromatic carbocycles. The molecule has 0 spiro atoms. The molecular formula is C11H12F2NP. The van der Waals surface area contributed by atoms with Gasteiger partial charge in [-0.1, -0.05) is 16.2 Å². The van der Waals surface area contributed by atoms with Gasteiger partial charge in [-0.2, -0.15) is 8.78 Å². The Morgan fingerprint density at radius 2 is 2.13 bits per heavy atom. The molecule has 1 unspecified atom stereocenters. The van der Waals surface area contributed by atoms with Gasteiger partial charge in [0.2, 0.25) is 0 Å². The molecule has 0 bridgehead atoms. The summed E-state index contributed by atoms with van der Waals surface area (Å²) in [6, 6.07) is 4.90. The molecule has 0 aliphatic rings. The number of halogens is 2. The third-order valence-corrected chi connectivity index (χ3v) is 2.84. The largest absolute Gasteiger partial charge is 0.361 e. The van der Waals surface area contributed by atoms with Crippen LogP contribution in [0.25, 0.3) is 10.9 Å². The van der Waals surface area contributed by atoms with Crippen LogP contribution in [0.1, 0.15) is 18.1 Å². The van der Waals surface area contributed by atoms with E-state index in [2.05, 4.69) is 4.98 Å². The quantitative estimate of drug-likeness (QED) is 0.753. The van der Waals surface area contributed by atoms with Crippen molar-refractivity contribution in [2.45, 2.75) is 19.0 Å². The van der Waals surface area contributed by atoms with Crippen LogP contribution in [0.4, 0.5) is 8.78 Å². The number of H-pyrrole nitrogens is 1. The van der Waals surface area contributed by atoms with Gasteiger partial charge in [0, 0.05) is 22.7 Å². The summed E-state index contributed by atoms with van der Waals surface area (Å²) in [5, 5.41) is 0.839. The molecule has 1 N–H and O–H groups in total. The maximum Gasteiger partial charge on any atom is 0.283 e. The first-order valence-electron chi connectivity index (χ1n) is 4.79. The first kappa shape index (κ1) is 10.6. The zero-order valence-corrected chi connectivity index (χ0v) is 9.50. The summed E-state index contributed by atoms with van der Waals surface area (Å²) in [5.41, 5.74) is -0.920. The van der Waals surface area contributed by atoms with Crippen molar-refractivity contribution in [3.05, 3.63) is 35.5 Å². The van der Waals surface area contributed by atoms with Crippen LogP contribution in [-0.4, -0.2) is 4.98 Å². The van der Waals surface area contributed by atoms with E-state index in [4.69, 9.17) is 0 Å². The van der Waals surface area contributed by atoms with Crippen molar-refractivity contribution in [1.82, 2.24) is 4.98 Å². The summed E-state index contributed by atoms with van der Waals surface area (Å²) < 4.78 is 26.3. The molecule has 0 amide bonds. The van der Waals surface area contributed by atoms with E-state index < -0.39 is 5.66 Å². The summed E-state index contributed by atoms with van der Waals surface area (Å²) in [4.78, 5) is 3.07. The lowest BCUT2D eigenvalue weighted by molar-refractivity contribution is 0.104. The van der Waals surface area contributed by atoms with E-state index in [1.165, 1.54) is 6.07 Å². The zero-order valence-electron chi connectivity index (χ0n) is 8.35. The number of fused-ring (bicyclic) bond motifs is 1. The molecule has 0 aliphatic heterocycles. The van der Waals surface area contributed by atoms with E-state index >= 15 is 0 Å². The van der Waals surface area contributed by atoms with Gasteiger partial charge in [-0.3, -0.25) is 0 Å². The molecule has 2 aromatic rings. The number of rotatable bonds is 2. The van der Waals surface area contributed by atoms with E-state index in [1.807, 2.05) is 13.0 Å². The molecule has 0 fully saturated rings. The maximum absolute atomic E-state index is 13.2. The van der Waals surface area contributed by atoms with Gasteiger partial charge in [-0.05, 0) is 30.2 Å². The summed E-state index contributed by atoms with van der Waals surface area (Å²) in [5.74, 6) is 0. The van der Waals surface area contributed by atoms with Crippen molar-refractivity contribution >= 4 is 20.1 Å². The highest BCUT2D eigenvalue weighted by molar-refractivity contribution is 7.17. The van der Waals surface area contributed by atoms with Crippen LogP contribution in [0.15, 0.2) is 24.4 Å². The van der Waals surface area contributed by atoms with Gasteiger partial charge in [0.15, 0.2) is 0 Å². The van der Waals surface area contributed by atoms with E-state index in [0.717, 1.165) is 22.9 Å². The molecule has 15 heavy (non-hydrogen) atoms. The van der Waals surface area contributed by atoms with E-state index in [-0.39, 0.29) is 5.56 Å². The Bertz CT molecular complexity index is 485. The monoisotopic (exact) mass is 227 g/mol. The number of alkyl halides is 2. The summed E-state index contributed by atoms with van der Waals surface area (Å²) >= 11 is 0. The Kier molecular flexibility index (Phi) is 2.51. The Morgan fingerprint density at radius 3 is 2.73 bits per heavy atom. The summed E-state index contributed by atoms with van der Waals surface area (Å²) in [7, 11) is 1.58. The molecule has 1 aromatic heterocycles. The van der Waals surface area contributed by atoms with Gasteiger partial charge < -0.3 is 4.98 Å². The molecule has 80 valence electrons. The number of hydrogen-bond acceptors (Lipinski definition) is 0. The predicted octanol–water partition coefficient (Wildman–Crippen LogP) is 3.65. The lowest BCUT2D eigenvalue weighted by Crippen LogP contribution is -2.03. The smallest absolute Gasteiger partial charge is 0.283 e. The van der Waals surface area contributed by atoms with Gasteiger partial charge >= 0.3 is 0 Å². The highest BCUT2D eigenvalue weighted by Gasteiger charge is 2.25. The molecule has 0 saturated heterocycles. The third kappa shape index (κ3) is 1.89. The zero-order chi connectivity index (χ0) is 11.1. The average molecular weight is 227 g/mol.